The molecule has 0 bridgehead atoms. The summed E-state index contributed by atoms with van der Waals surface area (Å²) in [5, 5.41) is 10.7. The number of piperidine rings is 1. The highest BCUT2D eigenvalue weighted by Crippen LogP contribution is 2.41. The van der Waals surface area contributed by atoms with Gasteiger partial charge in [0.05, 0.1) is 12.6 Å². The summed E-state index contributed by atoms with van der Waals surface area (Å²) in [5.74, 6) is -2.09. The van der Waals surface area contributed by atoms with E-state index in [1.54, 1.807) is 18.2 Å². The van der Waals surface area contributed by atoms with E-state index in [-0.39, 0.29) is 29.1 Å². The average molecular weight is 555 g/mol. The number of fused-ring (bicyclic) bond motifs is 1. The van der Waals surface area contributed by atoms with Gasteiger partial charge in [-0.15, -0.1) is 11.8 Å². The maximum absolute atomic E-state index is 15.7. The summed E-state index contributed by atoms with van der Waals surface area (Å²) in [7, 11) is 1.51. The third-order valence-corrected chi connectivity index (χ3v) is 8.46. The minimum Gasteiger partial charge on any atom is -0.497 e. The Balaban J connectivity index is 1.35. The Kier molecular flexibility index (Phi) is 9.49. The predicted octanol–water partition coefficient (Wildman–Crippen LogP) is 6.79. The van der Waals surface area contributed by atoms with Crippen molar-refractivity contribution in [3.8, 4) is 5.75 Å². The summed E-state index contributed by atoms with van der Waals surface area (Å²) in [6.45, 7) is 0.976. The number of alkyl halides is 2. The van der Waals surface area contributed by atoms with Crippen LogP contribution in [0.5, 0.6) is 5.75 Å². The largest absolute Gasteiger partial charge is 0.497 e. The first kappa shape index (κ1) is 28.6. The fraction of sp³-hybridized carbons (Fsp3) is 0.464. The molecule has 1 saturated heterocycles. The number of hydrogen-bond donors (Lipinski definition) is 1. The molecule has 3 aromatic rings. The Morgan fingerprint density at radius 1 is 1.16 bits per heavy atom. The number of pyridine rings is 1. The predicted molar refractivity (Wildman–Crippen MR) is 138 cm³/mol. The minimum absolute atomic E-state index is 0.0629. The van der Waals surface area contributed by atoms with Gasteiger partial charge in [0, 0.05) is 52.6 Å². The van der Waals surface area contributed by atoms with E-state index in [9.17, 15) is 22.7 Å². The third kappa shape index (κ3) is 6.40. The first-order valence-electron chi connectivity index (χ1n) is 12.6. The van der Waals surface area contributed by atoms with E-state index >= 15 is 4.39 Å². The molecule has 2 aromatic carbocycles. The van der Waals surface area contributed by atoms with Crippen molar-refractivity contribution in [2.24, 2.45) is 5.41 Å². The molecular formula is C28H31F5N2O2S. The van der Waals surface area contributed by atoms with Gasteiger partial charge in [-0.1, -0.05) is 0 Å². The molecule has 1 aliphatic heterocycles. The van der Waals surface area contributed by atoms with Crippen molar-refractivity contribution in [2.75, 3.05) is 39.1 Å². The number of aliphatic hydroxyl groups is 1. The van der Waals surface area contributed by atoms with Gasteiger partial charge in [0.2, 0.25) is 0 Å². The zero-order chi connectivity index (χ0) is 27.3. The highest BCUT2D eigenvalue weighted by atomic mass is 32.2. The molecule has 0 spiro atoms. The van der Waals surface area contributed by atoms with Crippen LogP contribution in [0.15, 0.2) is 41.4 Å². The summed E-state index contributed by atoms with van der Waals surface area (Å²) in [4.78, 5) is 6.33. The summed E-state index contributed by atoms with van der Waals surface area (Å²) in [6, 6.07) is 6.62. The molecule has 38 heavy (non-hydrogen) atoms. The van der Waals surface area contributed by atoms with Crippen LogP contribution in [-0.4, -0.2) is 54.1 Å². The monoisotopic (exact) mass is 554 g/mol. The lowest BCUT2D eigenvalue weighted by Crippen LogP contribution is -2.42. The smallest absolute Gasteiger partial charge is 0.172 e. The van der Waals surface area contributed by atoms with Crippen molar-refractivity contribution in [3.05, 3.63) is 65.1 Å². The second kappa shape index (κ2) is 12.6. The van der Waals surface area contributed by atoms with Gasteiger partial charge in [-0.3, -0.25) is 4.98 Å². The topological polar surface area (TPSA) is 45.6 Å². The van der Waals surface area contributed by atoms with E-state index in [0.29, 0.717) is 67.4 Å². The summed E-state index contributed by atoms with van der Waals surface area (Å²) >= 11 is 1.05. The standard InChI is InChI=1S/C28H31F5N2O2S/c1-37-20-2-3-24-21(14-20)26(18(15-29)16-34-24)22(31)4-5-28(17-36)6-8-35(9-7-28)10-11-38-25-13-19(30)12-23(32)27(25)33/h2-3,12-14,16,22,36H,4-11,15,17H2,1H3/t22-/m0/s1. The van der Waals surface area contributed by atoms with Crippen molar-refractivity contribution in [1.82, 2.24) is 9.88 Å². The van der Waals surface area contributed by atoms with Crippen LogP contribution in [0.4, 0.5) is 22.0 Å². The van der Waals surface area contributed by atoms with Gasteiger partial charge < -0.3 is 14.7 Å². The second-order valence-electron chi connectivity index (χ2n) is 9.77. The lowest BCUT2D eigenvalue weighted by atomic mass is 9.74. The second-order valence-corrected chi connectivity index (χ2v) is 10.9. The summed E-state index contributed by atoms with van der Waals surface area (Å²) in [6.07, 6.45) is 1.79. The molecule has 10 heteroatoms. The van der Waals surface area contributed by atoms with Gasteiger partial charge in [0.25, 0.3) is 0 Å². The molecule has 0 amide bonds. The molecule has 2 heterocycles. The highest BCUT2D eigenvalue weighted by molar-refractivity contribution is 7.99. The quantitative estimate of drug-likeness (QED) is 0.161. The number of aromatic nitrogens is 1. The fourth-order valence-corrected chi connectivity index (χ4v) is 6.06. The molecule has 1 atom stereocenters. The van der Waals surface area contributed by atoms with Crippen LogP contribution in [0.25, 0.3) is 10.9 Å². The van der Waals surface area contributed by atoms with E-state index in [4.69, 9.17) is 4.74 Å². The number of thioether (sulfide) groups is 1. The molecule has 206 valence electrons. The molecule has 1 N–H and O–H groups in total. The highest BCUT2D eigenvalue weighted by Gasteiger charge is 2.35. The van der Waals surface area contributed by atoms with Crippen molar-refractivity contribution in [2.45, 2.75) is 43.4 Å². The molecule has 1 aromatic heterocycles. The molecule has 0 aliphatic carbocycles. The Hall–Kier alpha value is -2.43. The number of aliphatic hydroxyl groups excluding tert-OH is 1. The number of nitrogens with zero attached hydrogens (tertiary/aromatic N) is 2. The summed E-state index contributed by atoms with van der Waals surface area (Å²) in [5.41, 5.74) is 0.588. The number of benzene rings is 2. The van der Waals surface area contributed by atoms with Crippen LogP contribution in [0.3, 0.4) is 0 Å². The third-order valence-electron chi connectivity index (χ3n) is 7.46. The zero-order valence-electron chi connectivity index (χ0n) is 21.2. The van der Waals surface area contributed by atoms with Crippen LogP contribution in [0.1, 0.15) is 43.0 Å². The van der Waals surface area contributed by atoms with Crippen LogP contribution >= 0.6 is 11.8 Å². The lowest BCUT2D eigenvalue weighted by Gasteiger charge is -2.41. The van der Waals surface area contributed by atoms with E-state index in [1.807, 2.05) is 0 Å². The first-order chi connectivity index (χ1) is 18.3. The summed E-state index contributed by atoms with van der Waals surface area (Å²) < 4.78 is 75.4. The van der Waals surface area contributed by atoms with E-state index in [0.717, 1.165) is 17.8 Å². The number of rotatable bonds is 11. The molecule has 4 nitrogen and oxygen atoms in total. The SMILES string of the molecule is COc1ccc2ncc(CF)c([C@@H](F)CCC3(CO)CCN(CCSc4cc(F)cc(F)c4F)CC3)c2c1. The number of ether oxygens (including phenoxy) is 1. The molecular weight excluding hydrogens is 523 g/mol. The first-order valence-corrected chi connectivity index (χ1v) is 13.5. The van der Waals surface area contributed by atoms with Crippen LogP contribution in [0, 0.1) is 22.9 Å². The van der Waals surface area contributed by atoms with Gasteiger partial charge in [0.1, 0.15) is 24.4 Å². The number of halogens is 5. The van der Waals surface area contributed by atoms with Gasteiger partial charge in [-0.2, -0.15) is 0 Å². The van der Waals surface area contributed by atoms with Crippen LogP contribution in [-0.2, 0) is 6.67 Å². The van der Waals surface area contributed by atoms with Gasteiger partial charge in [0.15, 0.2) is 11.6 Å². The maximum Gasteiger partial charge on any atom is 0.172 e. The lowest BCUT2D eigenvalue weighted by molar-refractivity contribution is 0.0322. The Morgan fingerprint density at radius 3 is 2.61 bits per heavy atom. The molecule has 1 fully saturated rings. The maximum atomic E-state index is 15.7. The average Bonchev–Trinajstić information content (AvgIpc) is 2.94. The fourth-order valence-electron chi connectivity index (χ4n) is 5.07. The van der Waals surface area contributed by atoms with Crippen molar-refractivity contribution >= 4 is 22.7 Å². The van der Waals surface area contributed by atoms with Gasteiger partial charge >= 0.3 is 0 Å². The van der Waals surface area contributed by atoms with E-state index in [1.165, 1.54) is 13.3 Å². The number of hydrogen-bond acceptors (Lipinski definition) is 5. The minimum atomic E-state index is -1.43. The Bertz CT molecular complexity index is 1250. The molecule has 1 aliphatic rings. The van der Waals surface area contributed by atoms with Gasteiger partial charge in [-0.05, 0) is 68.5 Å². The van der Waals surface area contributed by atoms with E-state index < -0.39 is 35.7 Å². The Morgan fingerprint density at radius 2 is 1.92 bits per heavy atom. The zero-order valence-corrected chi connectivity index (χ0v) is 22.0. The molecule has 4 rings (SSSR count). The Labute approximate surface area is 223 Å². The van der Waals surface area contributed by atoms with Crippen LogP contribution in [0.2, 0.25) is 0 Å². The van der Waals surface area contributed by atoms with Crippen molar-refractivity contribution in [3.63, 3.8) is 0 Å². The molecule has 0 radical (unpaired) electrons. The number of methoxy groups -OCH3 is 1. The molecule has 0 saturated carbocycles. The normalized spacial score (nSPS) is 16.6. The van der Waals surface area contributed by atoms with Crippen molar-refractivity contribution in [1.29, 1.82) is 0 Å². The van der Waals surface area contributed by atoms with E-state index in [2.05, 4.69) is 9.88 Å². The van der Waals surface area contributed by atoms with Gasteiger partial charge in [-0.25, -0.2) is 22.0 Å². The van der Waals surface area contributed by atoms with Crippen molar-refractivity contribution < 1.29 is 31.8 Å². The number of likely N-dealkylation sites (tertiary alicyclic amines) is 1. The van der Waals surface area contributed by atoms with Crippen LogP contribution < -0.4 is 4.74 Å². The molecule has 0 unspecified atom stereocenters.